The minimum atomic E-state index is 0.748. The van der Waals surface area contributed by atoms with E-state index in [1.54, 1.807) is 11.3 Å². The van der Waals surface area contributed by atoms with Crippen LogP contribution in [-0.4, -0.2) is 4.98 Å². The van der Waals surface area contributed by atoms with Gasteiger partial charge in [0.15, 0.2) is 0 Å². The van der Waals surface area contributed by atoms with Crippen LogP contribution in [0.1, 0.15) is 23.8 Å². The summed E-state index contributed by atoms with van der Waals surface area (Å²) in [6, 6.07) is 7.90. The second kappa shape index (κ2) is 3.35. The molecule has 1 aromatic heterocycles. The summed E-state index contributed by atoms with van der Waals surface area (Å²) in [5, 5.41) is 3.43. The van der Waals surface area contributed by atoms with Gasteiger partial charge in [-0.05, 0) is 25.0 Å². The first-order valence-corrected chi connectivity index (χ1v) is 6.02. The SMILES string of the molecule is Nc1ccc(-c2csc(C3CC3)n2)cc1. The quantitative estimate of drug-likeness (QED) is 0.782. The molecule has 0 saturated heterocycles. The molecule has 3 heteroatoms. The Hall–Kier alpha value is -1.35. The molecular formula is C12H12N2S. The van der Waals surface area contributed by atoms with Crippen molar-refractivity contribution in [2.45, 2.75) is 18.8 Å². The van der Waals surface area contributed by atoms with Crippen molar-refractivity contribution in [2.24, 2.45) is 0 Å². The first-order chi connectivity index (χ1) is 7.33. The Morgan fingerprint density at radius 3 is 2.60 bits per heavy atom. The molecule has 0 amide bonds. The van der Waals surface area contributed by atoms with Crippen molar-refractivity contribution in [1.82, 2.24) is 4.98 Å². The lowest BCUT2D eigenvalue weighted by Crippen LogP contribution is -1.84. The van der Waals surface area contributed by atoms with E-state index >= 15 is 0 Å². The number of thiazole rings is 1. The van der Waals surface area contributed by atoms with E-state index in [1.807, 2.05) is 24.3 Å². The van der Waals surface area contributed by atoms with Crippen LogP contribution in [0.2, 0.25) is 0 Å². The Morgan fingerprint density at radius 1 is 1.20 bits per heavy atom. The molecule has 1 saturated carbocycles. The van der Waals surface area contributed by atoms with E-state index in [2.05, 4.69) is 10.4 Å². The van der Waals surface area contributed by atoms with Gasteiger partial charge in [0.2, 0.25) is 0 Å². The molecule has 2 N–H and O–H groups in total. The number of nitrogens with zero attached hydrogens (tertiary/aromatic N) is 1. The van der Waals surface area contributed by atoms with E-state index in [4.69, 9.17) is 5.73 Å². The number of anilines is 1. The van der Waals surface area contributed by atoms with Crippen LogP contribution in [0.3, 0.4) is 0 Å². The van der Waals surface area contributed by atoms with E-state index in [0.29, 0.717) is 0 Å². The van der Waals surface area contributed by atoms with Crippen molar-refractivity contribution in [2.75, 3.05) is 5.73 Å². The zero-order chi connectivity index (χ0) is 10.3. The maximum absolute atomic E-state index is 5.65. The van der Waals surface area contributed by atoms with Crippen molar-refractivity contribution < 1.29 is 0 Å². The number of nitrogen functional groups attached to an aromatic ring is 1. The third-order valence-corrected chi connectivity index (χ3v) is 3.66. The topological polar surface area (TPSA) is 38.9 Å². The van der Waals surface area contributed by atoms with Crippen LogP contribution in [0, 0.1) is 0 Å². The molecular weight excluding hydrogens is 204 g/mol. The van der Waals surface area contributed by atoms with Crippen molar-refractivity contribution in [3.63, 3.8) is 0 Å². The normalized spacial score (nSPS) is 15.5. The second-order valence-corrected chi connectivity index (χ2v) is 4.86. The van der Waals surface area contributed by atoms with Crippen LogP contribution in [0.5, 0.6) is 0 Å². The summed E-state index contributed by atoms with van der Waals surface area (Å²) < 4.78 is 0. The van der Waals surface area contributed by atoms with E-state index in [1.165, 1.54) is 17.8 Å². The molecule has 1 heterocycles. The number of hydrogen-bond acceptors (Lipinski definition) is 3. The highest BCUT2D eigenvalue weighted by Gasteiger charge is 2.26. The number of hydrogen-bond donors (Lipinski definition) is 1. The third-order valence-electron chi connectivity index (χ3n) is 2.65. The Balaban J connectivity index is 1.93. The molecule has 0 unspecified atom stereocenters. The van der Waals surface area contributed by atoms with Crippen LogP contribution >= 0.6 is 11.3 Å². The molecule has 1 aliphatic rings. The van der Waals surface area contributed by atoms with Gasteiger partial charge in [-0.15, -0.1) is 11.3 Å². The van der Waals surface area contributed by atoms with Gasteiger partial charge in [0, 0.05) is 22.5 Å². The van der Waals surface area contributed by atoms with Gasteiger partial charge >= 0.3 is 0 Å². The van der Waals surface area contributed by atoms with Gasteiger partial charge in [0.05, 0.1) is 10.7 Å². The summed E-state index contributed by atoms with van der Waals surface area (Å²) in [7, 11) is 0. The summed E-state index contributed by atoms with van der Waals surface area (Å²) in [5.41, 5.74) is 8.70. The predicted octanol–water partition coefficient (Wildman–Crippen LogP) is 3.27. The molecule has 0 radical (unpaired) electrons. The molecule has 0 bridgehead atoms. The summed E-state index contributed by atoms with van der Waals surface area (Å²) in [5.74, 6) is 0.748. The van der Waals surface area contributed by atoms with Crippen molar-refractivity contribution >= 4 is 17.0 Å². The van der Waals surface area contributed by atoms with Crippen LogP contribution in [0.15, 0.2) is 29.6 Å². The Morgan fingerprint density at radius 2 is 1.93 bits per heavy atom. The van der Waals surface area contributed by atoms with Crippen LogP contribution in [0.25, 0.3) is 11.3 Å². The van der Waals surface area contributed by atoms with Crippen LogP contribution < -0.4 is 5.73 Å². The minimum absolute atomic E-state index is 0.748. The zero-order valence-corrected chi connectivity index (χ0v) is 9.13. The van der Waals surface area contributed by atoms with Crippen molar-refractivity contribution in [3.05, 3.63) is 34.7 Å². The number of rotatable bonds is 2. The molecule has 2 nitrogen and oxygen atoms in total. The fraction of sp³-hybridized carbons (Fsp3) is 0.250. The second-order valence-electron chi connectivity index (χ2n) is 3.97. The van der Waals surface area contributed by atoms with Gasteiger partial charge in [-0.3, -0.25) is 0 Å². The molecule has 3 rings (SSSR count). The molecule has 1 fully saturated rings. The highest BCUT2D eigenvalue weighted by molar-refractivity contribution is 7.10. The lowest BCUT2D eigenvalue weighted by Gasteiger charge is -1.96. The fourth-order valence-electron chi connectivity index (χ4n) is 1.59. The maximum Gasteiger partial charge on any atom is 0.0963 e. The maximum atomic E-state index is 5.65. The first-order valence-electron chi connectivity index (χ1n) is 5.14. The van der Waals surface area contributed by atoms with E-state index in [0.717, 1.165) is 22.9 Å². The average molecular weight is 216 g/mol. The Bertz CT molecular complexity index is 469. The lowest BCUT2D eigenvalue weighted by atomic mass is 10.1. The third kappa shape index (κ3) is 1.75. The van der Waals surface area contributed by atoms with Crippen LogP contribution in [0.4, 0.5) is 5.69 Å². The monoisotopic (exact) mass is 216 g/mol. The molecule has 0 aliphatic heterocycles. The Kier molecular flexibility index (Phi) is 1.99. The van der Waals surface area contributed by atoms with Crippen molar-refractivity contribution in [3.8, 4) is 11.3 Å². The molecule has 15 heavy (non-hydrogen) atoms. The number of nitrogens with two attached hydrogens (primary N) is 1. The van der Waals surface area contributed by atoms with Crippen molar-refractivity contribution in [1.29, 1.82) is 0 Å². The lowest BCUT2D eigenvalue weighted by molar-refractivity contribution is 1.09. The molecule has 0 atom stereocenters. The first kappa shape index (κ1) is 8.92. The summed E-state index contributed by atoms with van der Waals surface area (Å²) in [6.07, 6.45) is 2.63. The number of aromatic nitrogens is 1. The van der Waals surface area contributed by atoms with Gasteiger partial charge in [-0.2, -0.15) is 0 Å². The Labute approximate surface area is 92.8 Å². The largest absolute Gasteiger partial charge is 0.399 e. The van der Waals surface area contributed by atoms with Gasteiger partial charge in [0.25, 0.3) is 0 Å². The van der Waals surface area contributed by atoms with Gasteiger partial charge < -0.3 is 5.73 Å². The highest BCUT2D eigenvalue weighted by atomic mass is 32.1. The van der Waals surface area contributed by atoms with E-state index in [9.17, 15) is 0 Å². The van der Waals surface area contributed by atoms with Crippen LogP contribution in [-0.2, 0) is 0 Å². The van der Waals surface area contributed by atoms with Gasteiger partial charge in [-0.1, -0.05) is 12.1 Å². The summed E-state index contributed by atoms with van der Waals surface area (Å²) in [4.78, 5) is 4.65. The summed E-state index contributed by atoms with van der Waals surface area (Å²) >= 11 is 1.78. The highest BCUT2D eigenvalue weighted by Crippen LogP contribution is 2.42. The van der Waals surface area contributed by atoms with E-state index < -0.39 is 0 Å². The van der Waals surface area contributed by atoms with Gasteiger partial charge in [-0.25, -0.2) is 4.98 Å². The fourth-order valence-corrected chi connectivity index (χ4v) is 2.59. The average Bonchev–Trinajstić information content (AvgIpc) is 2.99. The summed E-state index contributed by atoms with van der Waals surface area (Å²) in [6.45, 7) is 0. The minimum Gasteiger partial charge on any atom is -0.399 e. The molecule has 1 aromatic carbocycles. The number of benzene rings is 1. The molecule has 76 valence electrons. The smallest absolute Gasteiger partial charge is 0.0963 e. The molecule has 1 aliphatic carbocycles. The van der Waals surface area contributed by atoms with Gasteiger partial charge in [0.1, 0.15) is 0 Å². The van der Waals surface area contributed by atoms with E-state index in [-0.39, 0.29) is 0 Å². The molecule has 0 spiro atoms. The predicted molar refractivity (Wildman–Crippen MR) is 63.9 cm³/mol. The molecule has 2 aromatic rings. The zero-order valence-electron chi connectivity index (χ0n) is 8.31. The standard InChI is InChI=1S/C12H12N2S/c13-10-5-3-8(4-6-10)11-7-15-12(14-11)9-1-2-9/h3-7,9H,1-2,13H2.